The van der Waals surface area contributed by atoms with Gasteiger partial charge in [0.25, 0.3) is 0 Å². The van der Waals surface area contributed by atoms with Gasteiger partial charge in [-0.05, 0) is 36.3 Å². The largest absolute Gasteiger partial charge is 0.0776 e. The topological polar surface area (TPSA) is 0 Å². The fourth-order valence-electron chi connectivity index (χ4n) is 2.56. The first-order valence-corrected chi connectivity index (χ1v) is 5.92. The van der Waals surface area contributed by atoms with E-state index in [0.717, 1.165) is 0 Å². The Labute approximate surface area is 93.0 Å². The van der Waals surface area contributed by atoms with Crippen molar-refractivity contribution < 1.29 is 0 Å². The minimum atomic E-state index is 0.386. The highest BCUT2D eigenvalue weighted by Gasteiger charge is 2.24. The summed E-state index contributed by atoms with van der Waals surface area (Å²) in [5.41, 5.74) is 4.68. The lowest BCUT2D eigenvalue weighted by Gasteiger charge is -2.30. The van der Waals surface area contributed by atoms with Gasteiger partial charge in [0.05, 0.1) is 0 Å². The van der Waals surface area contributed by atoms with Gasteiger partial charge in [0, 0.05) is 0 Å². The molecule has 0 amide bonds. The Morgan fingerprint density at radius 1 is 1.33 bits per heavy atom. The summed E-state index contributed by atoms with van der Waals surface area (Å²) in [7, 11) is 0. The van der Waals surface area contributed by atoms with E-state index >= 15 is 0 Å². The van der Waals surface area contributed by atoms with Crippen molar-refractivity contribution in [3.05, 3.63) is 41.0 Å². The monoisotopic (exact) mass is 200 g/mol. The maximum Gasteiger partial charge on any atom is -0.0103 e. The molecule has 1 aliphatic rings. The molecule has 0 aromatic heterocycles. The van der Waals surface area contributed by atoms with Crippen molar-refractivity contribution in [3.63, 3.8) is 0 Å². The van der Waals surface area contributed by atoms with Crippen LogP contribution in [0.4, 0.5) is 0 Å². The van der Waals surface area contributed by atoms with Gasteiger partial charge in [-0.3, -0.25) is 0 Å². The molecule has 1 atom stereocenters. The quantitative estimate of drug-likeness (QED) is 0.665. The molecule has 2 rings (SSSR count). The van der Waals surface area contributed by atoms with Crippen LogP contribution < -0.4 is 0 Å². The second-order valence-corrected chi connectivity index (χ2v) is 5.12. The van der Waals surface area contributed by atoms with Crippen molar-refractivity contribution in [2.75, 3.05) is 0 Å². The molecule has 0 saturated carbocycles. The van der Waals surface area contributed by atoms with Gasteiger partial charge in [0.1, 0.15) is 0 Å². The fourth-order valence-corrected chi connectivity index (χ4v) is 2.56. The van der Waals surface area contributed by atoms with Crippen molar-refractivity contribution >= 4 is 6.08 Å². The number of hydrogen-bond acceptors (Lipinski definition) is 0. The molecule has 0 radical (unpaired) electrons. The summed E-state index contributed by atoms with van der Waals surface area (Å²) in [6.07, 6.45) is 8.46. The number of fused-ring (bicyclic) bond motifs is 1. The van der Waals surface area contributed by atoms with Crippen LogP contribution in [0.1, 0.15) is 43.4 Å². The smallest absolute Gasteiger partial charge is 0.0103 e. The lowest BCUT2D eigenvalue weighted by Crippen LogP contribution is -2.19. The summed E-state index contributed by atoms with van der Waals surface area (Å²) >= 11 is 0. The number of allylic oxidation sites excluding steroid dienone is 1. The Hall–Kier alpha value is -1.04. The first kappa shape index (κ1) is 10.5. The molecule has 1 aromatic carbocycles. The van der Waals surface area contributed by atoms with Crippen molar-refractivity contribution in [3.8, 4) is 0 Å². The second kappa shape index (κ2) is 3.84. The molecule has 1 unspecified atom stereocenters. The van der Waals surface area contributed by atoms with Crippen molar-refractivity contribution in [2.24, 2.45) is 5.41 Å². The molecular formula is C15H20. The van der Waals surface area contributed by atoms with Gasteiger partial charge in [0.2, 0.25) is 0 Å². The normalized spacial score (nSPS) is 23.9. The van der Waals surface area contributed by atoms with E-state index < -0.39 is 0 Å². The van der Waals surface area contributed by atoms with Crippen LogP contribution >= 0.6 is 0 Å². The number of aryl methyl sites for hydroxylation is 1. The number of hydrogen-bond donors (Lipinski definition) is 0. The third kappa shape index (κ3) is 2.14. The zero-order chi connectivity index (χ0) is 10.9. The Balaban J connectivity index is 2.31. The first-order chi connectivity index (χ1) is 7.13. The molecular weight excluding hydrogens is 180 g/mol. The van der Waals surface area contributed by atoms with E-state index in [1.165, 1.54) is 36.0 Å². The van der Waals surface area contributed by atoms with E-state index in [4.69, 9.17) is 0 Å². The van der Waals surface area contributed by atoms with Gasteiger partial charge in [0.15, 0.2) is 0 Å². The van der Waals surface area contributed by atoms with Crippen LogP contribution in [0.15, 0.2) is 24.3 Å². The molecule has 0 spiro atoms. The summed E-state index contributed by atoms with van der Waals surface area (Å²) in [6.45, 7) is 6.80. The molecule has 0 bridgehead atoms. The highest BCUT2D eigenvalue weighted by Crippen LogP contribution is 2.36. The van der Waals surface area contributed by atoms with Crippen LogP contribution in [0.2, 0.25) is 0 Å². The van der Waals surface area contributed by atoms with Crippen molar-refractivity contribution in [1.82, 2.24) is 0 Å². The fraction of sp³-hybridized carbons (Fsp3) is 0.467. The lowest BCUT2D eigenvalue weighted by atomic mass is 9.75. The maximum absolute atomic E-state index is 2.40. The van der Waals surface area contributed by atoms with E-state index in [1.54, 1.807) is 0 Å². The second-order valence-electron chi connectivity index (χ2n) is 5.12. The van der Waals surface area contributed by atoms with Crippen LogP contribution in [-0.4, -0.2) is 0 Å². The van der Waals surface area contributed by atoms with Crippen LogP contribution in [0.25, 0.3) is 6.08 Å². The summed E-state index contributed by atoms with van der Waals surface area (Å²) in [4.78, 5) is 0. The minimum Gasteiger partial charge on any atom is -0.0776 e. The van der Waals surface area contributed by atoms with Crippen molar-refractivity contribution in [2.45, 2.75) is 40.0 Å². The highest BCUT2D eigenvalue weighted by molar-refractivity contribution is 5.58. The Morgan fingerprint density at radius 2 is 2.13 bits per heavy atom. The van der Waals surface area contributed by atoms with E-state index in [2.05, 4.69) is 51.1 Å². The van der Waals surface area contributed by atoms with E-state index in [9.17, 15) is 0 Å². The third-order valence-corrected chi connectivity index (χ3v) is 3.38. The minimum absolute atomic E-state index is 0.386. The molecule has 0 nitrogen and oxygen atoms in total. The Bertz CT molecular complexity index is 387. The van der Waals surface area contributed by atoms with E-state index in [1.807, 2.05) is 0 Å². The standard InChI is InChI=1S/C15H20/c1-4-8-15(3)9-7-13-10-12(2)5-6-14(13)11-15/h5-7,9-10H,4,8,11H2,1-3H3. The first-order valence-electron chi connectivity index (χ1n) is 5.92. The molecule has 1 aliphatic carbocycles. The molecule has 1 aromatic rings. The van der Waals surface area contributed by atoms with Gasteiger partial charge < -0.3 is 0 Å². The van der Waals surface area contributed by atoms with E-state index in [0.29, 0.717) is 5.41 Å². The summed E-state index contributed by atoms with van der Waals surface area (Å²) in [5.74, 6) is 0. The predicted octanol–water partition coefficient (Wildman–Crippen LogP) is 4.37. The summed E-state index contributed by atoms with van der Waals surface area (Å²) in [5, 5.41) is 0. The van der Waals surface area contributed by atoms with Crippen LogP contribution in [0.5, 0.6) is 0 Å². The van der Waals surface area contributed by atoms with Crippen molar-refractivity contribution in [1.29, 1.82) is 0 Å². The third-order valence-electron chi connectivity index (χ3n) is 3.38. The van der Waals surface area contributed by atoms with Gasteiger partial charge in [-0.15, -0.1) is 0 Å². The Kier molecular flexibility index (Phi) is 2.68. The zero-order valence-electron chi connectivity index (χ0n) is 10.0. The summed E-state index contributed by atoms with van der Waals surface area (Å²) < 4.78 is 0. The number of benzene rings is 1. The van der Waals surface area contributed by atoms with Gasteiger partial charge >= 0.3 is 0 Å². The average molecular weight is 200 g/mol. The molecule has 80 valence electrons. The molecule has 15 heavy (non-hydrogen) atoms. The molecule has 0 heteroatoms. The SMILES string of the molecule is CCCC1(C)C=Cc2cc(C)ccc2C1. The molecule has 0 fully saturated rings. The van der Waals surface area contributed by atoms with Crippen LogP contribution in [-0.2, 0) is 6.42 Å². The van der Waals surface area contributed by atoms with E-state index in [-0.39, 0.29) is 0 Å². The lowest BCUT2D eigenvalue weighted by molar-refractivity contribution is 0.382. The van der Waals surface area contributed by atoms with Crippen LogP contribution in [0, 0.1) is 12.3 Å². The molecule has 0 heterocycles. The van der Waals surface area contributed by atoms with Gasteiger partial charge in [-0.25, -0.2) is 0 Å². The highest BCUT2D eigenvalue weighted by atomic mass is 14.3. The van der Waals surface area contributed by atoms with Crippen LogP contribution in [0.3, 0.4) is 0 Å². The molecule has 0 saturated heterocycles. The predicted molar refractivity (Wildman–Crippen MR) is 66.9 cm³/mol. The summed E-state index contributed by atoms with van der Waals surface area (Å²) in [6, 6.07) is 6.81. The van der Waals surface area contributed by atoms with Gasteiger partial charge in [-0.1, -0.05) is 56.2 Å². The average Bonchev–Trinajstić information content (AvgIpc) is 2.19. The van der Waals surface area contributed by atoms with Gasteiger partial charge in [-0.2, -0.15) is 0 Å². The molecule has 0 aliphatic heterocycles. The zero-order valence-corrected chi connectivity index (χ0v) is 10.0. The maximum atomic E-state index is 2.40. The molecule has 0 N–H and O–H groups in total. The Morgan fingerprint density at radius 3 is 2.87 bits per heavy atom. The number of rotatable bonds is 2.